The number of carbonyl (C=O) groups is 4. The summed E-state index contributed by atoms with van der Waals surface area (Å²) in [6.45, 7) is 7.54. The first-order chi connectivity index (χ1) is 24.3. The molecule has 266 valence electrons. The molecular formula is C37H40FN7O6. The highest BCUT2D eigenvalue weighted by Crippen LogP contribution is 2.28. The van der Waals surface area contributed by atoms with Gasteiger partial charge in [0.15, 0.2) is 0 Å². The zero-order valence-corrected chi connectivity index (χ0v) is 28.9. The summed E-state index contributed by atoms with van der Waals surface area (Å²) in [6, 6.07) is 14.8. The van der Waals surface area contributed by atoms with Crippen molar-refractivity contribution in [3.63, 3.8) is 0 Å². The summed E-state index contributed by atoms with van der Waals surface area (Å²) in [6.07, 6.45) is 1.53. The van der Waals surface area contributed by atoms with Crippen molar-refractivity contribution in [1.82, 2.24) is 35.6 Å². The summed E-state index contributed by atoms with van der Waals surface area (Å²) in [7, 11) is 0. The lowest BCUT2D eigenvalue weighted by Crippen LogP contribution is -2.49. The van der Waals surface area contributed by atoms with Crippen LogP contribution in [0.1, 0.15) is 70.9 Å². The van der Waals surface area contributed by atoms with Gasteiger partial charge in [0.05, 0.1) is 31.0 Å². The molecule has 4 bridgehead atoms. The third-order valence-electron chi connectivity index (χ3n) is 8.29. The Balaban J connectivity index is 1.30. The second-order valence-corrected chi connectivity index (χ2v) is 13.7. The van der Waals surface area contributed by atoms with Crippen molar-refractivity contribution in [3.05, 3.63) is 95.1 Å². The van der Waals surface area contributed by atoms with Gasteiger partial charge in [-0.2, -0.15) is 5.10 Å². The topological polar surface area (TPSA) is 159 Å². The third-order valence-corrected chi connectivity index (χ3v) is 8.29. The molecule has 13 nitrogen and oxygen atoms in total. The molecule has 0 spiro atoms. The van der Waals surface area contributed by atoms with Crippen LogP contribution in [0, 0.1) is 5.82 Å². The van der Waals surface area contributed by atoms with Gasteiger partial charge in [-0.1, -0.05) is 13.0 Å². The highest BCUT2D eigenvalue weighted by Gasteiger charge is 2.38. The minimum absolute atomic E-state index is 0.0548. The van der Waals surface area contributed by atoms with E-state index in [1.165, 1.54) is 35.2 Å². The Labute approximate surface area is 294 Å². The molecule has 2 aromatic heterocycles. The molecule has 1 fully saturated rings. The lowest BCUT2D eigenvalue weighted by atomic mass is 10.0. The second-order valence-electron chi connectivity index (χ2n) is 13.7. The number of pyridine rings is 1. The van der Waals surface area contributed by atoms with Gasteiger partial charge in [-0.15, -0.1) is 0 Å². The maximum atomic E-state index is 14.9. The number of halogens is 1. The predicted octanol–water partition coefficient (Wildman–Crippen LogP) is 4.32. The summed E-state index contributed by atoms with van der Waals surface area (Å²) < 4.78 is 27.2. The van der Waals surface area contributed by atoms with Crippen LogP contribution >= 0.6 is 0 Å². The molecule has 4 aromatic rings. The molecule has 3 N–H and O–H groups in total. The fourth-order valence-corrected chi connectivity index (χ4v) is 6.05. The molecule has 0 aliphatic carbocycles. The third kappa shape index (κ3) is 8.58. The van der Waals surface area contributed by atoms with E-state index < -0.39 is 41.2 Å². The number of rotatable bonds is 5. The standard InChI is InChI=1S/C37H40FN7O6/c1-5-10-44-20-33(46)40-31-18-45(36(49)30-17-29(42-43-30)28-8-6-7-9-39-28)19-32(31)50-21-22-11-25(38)16-26(12-22)51-27-14-23(13-24(15-27)35(44)48)34(47)41-37(2,3)4/h6-9,11-17,31-32H,5,10,18-21H2,1-4H3,(H,40,46)(H,41,47)(H,42,43)/t31-,32-/m1/s1. The average Bonchev–Trinajstić information content (AvgIpc) is 3.73. The van der Waals surface area contributed by atoms with E-state index in [0.29, 0.717) is 23.4 Å². The van der Waals surface area contributed by atoms with E-state index in [2.05, 4.69) is 25.8 Å². The van der Waals surface area contributed by atoms with E-state index in [1.807, 2.05) is 33.8 Å². The number of nitrogens with zero attached hydrogens (tertiary/aromatic N) is 4. The zero-order valence-electron chi connectivity index (χ0n) is 28.9. The summed E-state index contributed by atoms with van der Waals surface area (Å²) >= 11 is 0. The Kier molecular flexibility index (Phi) is 10.1. The number of aromatic nitrogens is 3. The number of likely N-dealkylation sites (tertiary alicyclic amines) is 1. The fourth-order valence-electron chi connectivity index (χ4n) is 6.05. The molecule has 2 aliphatic heterocycles. The number of ether oxygens (including phenoxy) is 2. The summed E-state index contributed by atoms with van der Waals surface area (Å²) in [5.41, 5.74) is 1.51. The van der Waals surface area contributed by atoms with Gasteiger partial charge in [-0.25, -0.2) is 4.39 Å². The number of fused-ring (bicyclic) bond motifs is 5. The Morgan fingerprint density at radius 1 is 1.02 bits per heavy atom. The van der Waals surface area contributed by atoms with E-state index in [-0.39, 0.29) is 67.0 Å². The molecule has 2 aromatic carbocycles. The first kappa shape index (κ1) is 35.2. The maximum Gasteiger partial charge on any atom is 0.272 e. The van der Waals surface area contributed by atoms with Crippen LogP contribution in [0.5, 0.6) is 11.5 Å². The van der Waals surface area contributed by atoms with Crippen LogP contribution in [-0.2, 0) is 16.1 Å². The lowest BCUT2D eigenvalue weighted by Gasteiger charge is -2.25. The van der Waals surface area contributed by atoms with Crippen LogP contribution in [0.15, 0.2) is 66.9 Å². The van der Waals surface area contributed by atoms with Gasteiger partial charge in [0.2, 0.25) is 5.91 Å². The molecule has 0 radical (unpaired) electrons. The van der Waals surface area contributed by atoms with Crippen LogP contribution in [0.3, 0.4) is 0 Å². The molecule has 0 unspecified atom stereocenters. The number of hydrogen-bond acceptors (Lipinski definition) is 8. The van der Waals surface area contributed by atoms with Crippen LogP contribution < -0.4 is 15.4 Å². The fraction of sp³-hybridized carbons (Fsp3) is 0.351. The Hall–Kier alpha value is -5.63. The van der Waals surface area contributed by atoms with Gasteiger partial charge in [0.1, 0.15) is 28.7 Å². The van der Waals surface area contributed by atoms with Crippen molar-refractivity contribution in [2.24, 2.45) is 0 Å². The van der Waals surface area contributed by atoms with Crippen LogP contribution in [0.2, 0.25) is 0 Å². The molecule has 14 heteroatoms. The van der Waals surface area contributed by atoms with E-state index in [0.717, 1.165) is 0 Å². The molecule has 0 saturated carbocycles. The maximum absolute atomic E-state index is 14.9. The van der Waals surface area contributed by atoms with Crippen molar-refractivity contribution in [3.8, 4) is 22.9 Å². The van der Waals surface area contributed by atoms with E-state index in [4.69, 9.17) is 9.47 Å². The smallest absolute Gasteiger partial charge is 0.272 e. The highest BCUT2D eigenvalue weighted by atomic mass is 19.1. The first-order valence-electron chi connectivity index (χ1n) is 16.8. The van der Waals surface area contributed by atoms with Crippen molar-refractivity contribution < 1.29 is 33.0 Å². The largest absolute Gasteiger partial charge is 0.457 e. The molecular weight excluding hydrogens is 657 g/mol. The van der Waals surface area contributed by atoms with Crippen LogP contribution in [0.4, 0.5) is 4.39 Å². The van der Waals surface area contributed by atoms with Gasteiger partial charge >= 0.3 is 0 Å². The minimum atomic E-state index is -0.663. The average molecular weight is 698 g/mol. The number of nitrogens with one attached hydrogen (secondary N) is 3. The quantitative estimate of drug-likeness (QED) is 0.278. The number of benzene rings is 2. The molecule has 6 rings (SSSR count). The zero-order chi connectivity index (χ0) is 36.3. The summed E-state index contributed by atoms with van der Waals surface area (Å²) in [4.78, 5) is 61.6. The molecule has 1 saturated heterocycles. The van der Waals surface area contributed by atoms with Crippen molar-refractivity contribution in [2.75, 3.05) is 26.2 Å². The first-order valence-corrected chi connectivity index (χ1v) is 16.8. The van der Waals surface area contributed by atoms with E-state index in [1.54, 1.807) is 35.4 Å². The number of amides is 4. The number of hydrogen-bond donors (Lipinski definition) is 3. The number of carbonyl (C=O) groups excluding carboxylic acids is 4. The van der Waals surface area contributed by atoms with Gasteiger partial charge < -0.3 is 29.9 Å². The Morgan fingerprint density at radius 3 is 2.57 bits per heavy atom. The van der Waals surface area contributed by atoms with Crippen molar-refractivity contribution >= 4 is 23.6 Å². The summed E-state index contributed by atoms with van der Waals surface area (Å²) in [5, 5.41) is 12.9. The molecule has 2 aliphatic rings. The number of H-pyrrole nitrogens is 1. The highest BCUT2D eigenvalue weighted by molar-refractivity contribution is 6.01. The molecule has 51 heavy (non-hydrogen) atoms. The Morgan fingerprint density at radius 2 is 1.82 bits per heavy atom. The normalized spacial score (nSPS) is 18.1. The minimum Gasteiger partial charge on any atom is -0.457 e. The van der Waals surface area contributed by atoms with E-state index in [9.17, 15) is 23.6 Å². The SMILES string of the molecule is CCCN1CC(=O)N[C@@H]2CN(C(=O)c3cc(-c4ccccn4)n[nH]3)C[C@H]2OCc2cc(F)cc(c2)Oc2cc(C(=O)NC(C)(C)C)cc(c2)C1=O. The molecule has 2 atom stereocenters. The van der Waals surface area contributed by atoms with Crippen molar-refractivity contribution in [2.45, 2.75) is 58.4 Å². The van der Waals surface area contributed by atoms with Gasteiger partial charge in [-0.3, -0.25) is 29.3 Å². The Bertz CT molecular complexity index is 1940. The summed E-state index contributed by atoms with van der Waals surface area (Å²) in [5.74, 6) is -2.05. The van der Waals surface area contributed by atoms with Crippen LogP contribution in [0.25, 0.3) is 11.4 Å². The predicted molar refractivity (Wildman–Crippen MR) is 185 cm³/mol. The van der Waals surface area contributed by atoms with Gasteiger partial charge in [-0.05, 0) is 81.3 Å². The monoisotopic (exact) mass is 697 g/mol. The lowest BCUT2D eigenvalue weighted by molar-refractivity contribution is -0.123. The van der Waals surface area contributed by atoms with Gasteiger partial charge in [0.25, 0.3) is 17.7 Å². The van der Waals surface area contributed by atoms with Crippen LogP contribution in [-0.4, -0.2) is 92.5 Å². The number of aromatic amines is 1. The van der Waals surface area contributed by atoms with E-state index >= 15 is 0 Å². The molecule has 4 heterocycles. The second kappa shape index (κ2) is 14.7. The molecule has 4 amide bonds. The van der Waals surface area contributed by atoms with Crippen molar-refractivity contribution in [1.29, 1.82) is 0 Å². The van der Waals surface area contributed by atoms with Gasteiger partial charge in [0, 0.05) is 48.6 Å².